The smallest absolute Gasteiger partial charge is 0.240 e. The summed E-state index contributed by atoms with van der Waals surface area (Å²) in [7, 11) is 0. The minimum Gasteiger partial charge on any atom is -0.381 e. The number of nitrogens with one attached hydrogen (secondary N) is 1. The van der Waals surface area contributed by atoms with Gasteiger partial charge in [-0.25, -0.2) is 0 Å². The summed E-state index contributed by atoms with van der Waals surface area (Å²) in [6, 6.07) is 0.271. The number of hydrogen-bond donors (Lipinski definition) is 3. The molecule has 1 aliphatic heterocycles. The van der Waals surface area contributed by atoms with Crippen molar-refractivity contribution < 1.29 is 9.53 Å². The highest BCUT2D eigenvalue weighted by molar-refractivity contribution is 5.86. The molecule has 2 fully saturated rings. The summed E-state index contributed by atoms with van der Waals surface area (Å²) in [6.45, 7) is 1.14. The summed E-state index contributed by atoms with van der Waals surface area (Å²) < 4.78 is 5.17. The molecule has 80 valence electrons. The fraction of sp³-hybridized carbons (Fsp3) is 0.889. The second-order valence-corrected chi connectivity index (χ2v) is 4.25. The predicted octanol–water partition coefficient (Wildman–Crippen LogP) is -1.29. The van der Waals surface area contributed by atoms with Crippen molar-refractivity contribution in [3.63, 3.8) is 0 Å². The fourth-order valence-electron chi connectivity index (χ4n) is 1.66. The Morgan fingerprint density at radius 3 is 2.50 bits per heavy atom. The molecular formula is C9H17N3O2. The van der Waals surface area contributed by atoms with Crippen LogP contribution in [-0.4, -0.2) is 36.7 Å². The van der Waals surface area contributed by atoms with Gasteiger partial charge in [-0.1, -0.05) is 0 Å². The van der Waals surface area contributed by atoms with Gasteiger partial charge in [-0.05, 0) is 19.3 Å². The predicted molar refractivity (Wildman–Crippen MR) is 51.5 cm³/mol. The van der Waals surface area contributed by atoms with Gasteiger partial charge in [-0.15, -0.1) is 0 Å². The highest BCUT2D eigenvalue weighted by atomic mass is 16.5. The molecule has 0 aromatic heterocycles. The molecule has 14 heavy (non-hydrogen) atoms. The SMILES string of the molecule is NC1CC1NC(=O)C1(N)CCOCC1. The van der Waals surface area contributed by atoms with Crippen LogP contribution in [0, 0.1) is 0 Å². The Hall–Kier alpha value is -0.650. The lowest BCUT2D eigenvalue weighted by Gasteiger charge is -2.31. The highest BCUT2D eigenvalue weighted by Gasteiger charge is 2.41. The van der Waals surface area contributed by atoms with E-state index in [0.29, 0.717) is 26.1 Å². The molecule has 0 aromatic rings. The van der Waals surface area contributed by atoms with Crippen molar-refractivity contribution in [1.82, 2.24) is 5.32 Å². The molecule has 0 spiro atoms. The van der Waals surface area contributed by atoms with Crippen LogP contribution in [-0.2, 0) is 9.53 Å². The van der Waals surface area contributed by atoms with Gasteiger partial charge in [-0.2, -0.15) is 0 Å². The molecule has 1 saturated heterocycles. The van der Waals surface area contributed by atoms with E-state index in [1.54, 1.807) is 0 Å². The Labute approximate surface area is 83.2 Å². The van der Waals surface area contributed by atoms with Crippen molar-refractivity contribution >= 4 is 5.91 Å². The number of nitrogens with two attached hydrogens (primary N) is 2. The van der Waals surface area contributed by atoms with Crippen LogP contribution in [0.2, 0.25) is 0 Å². The number of ether oxygens (including phenoxy) is 1. The van der Waals surface area contributed by atoms with Gasteiger partial charge in [0.2, 0.25) is 5.91 Å². The zero-order chi connectivity index (χ0) is 10.2. The Balaban J connectivity index is 1.88. The Kier molecular flexibility index (Phi) is 2.47. The van der Waals surface area contributed by atoms with Crippen molar-refractivity contribution in [2.45, 2.75) is 36.9 Å². The first-order valence-corrected chi connectivity index (χ1v) is 5.05. The van der Waals surface area contributed by atoms with Crippen molar-refractivity contribution in [1.29, 1.82) is 0 Å². The number of carbonyl (C=O) groups excluding carboxylic acids is 1. The lowest BCUT2D eigenvalue weighted by Crippen LogP contribution is -2.57. The van der Waals surface area contributed by atoms with E-state index < -0.39 is 5.54 Å². The van der Waals surface area contributed by atoms with Crippen LogP contribution in [0.5, 0.6) is 0 Å². The number of amides is 1. The molecule has 0 aromatic carbocycles. The summed E-state index contributed by atoms with van der Waals surface area (Å²) in [5.74, 6) is -0.0706. The third-order valence-electron chi connectivity index (χ3n) is 2.99. The van der Waals surface area contributed by atoms with Crippen LogP contribution < -0.4 is 16.8 Å². The summed E-state index contributed by atoms with van der Waals surface area (Å²) >= 11 is 0. The van der Waals surface area contributed by atoms with Crippen LogP contribution in [0.1, 0.15) is 19.3 Å². The van der Waals surface area contributed by atoms with Gasteiger partial charge in [0.1, 0.15) is 0 Å². The maximum Gasteiger partial charge on any atom is 0.240 e. The minimum atomic E-state index is -0.736. The monoisotopic (exact) mass is 199 g/mol. The van der Waals surface area contributed by atoms with E-state index in [9.17, 15) is 4.79 Å². The van der Waals surface area contributed by atoms with Crippen molar-refractivity contribution in [2.75, 3.05) is 13.2 Å². The largest absolute Gasteiger partial charge is 0.381 e. The van der Waals surface area contributed by atoms with E-state index in [1.807, 2.05) is 0 Å². The summed E-state index contributed by atoms with van der Waals surface area (Å²) in [5, 5.41) is 2.87. The molecule has 0 radical (unpaired) electrons. The number of rotatable bonds is 2. The van der Waals surface area contributed by atoms with E-state index in [2.05, 4.69) is 5.32 Å². The van der Waals surface area contributed by atoms with Crippen molar-refractivity contribution in [3.8, 4) is 0 Å². The van der Waals surface area contributed by atoms with E-state index in [0.717, 1.165) is 6.42 Å². The van der Waals surface area contributed by atoms with Crippen LogP contribution in [0.4, 0.5) is 0 Å². The Morgan fingerprint density at radius 1 is 1.43 bits per heavy atom. The molecule has 5 N–H and O–H groups in total. The fourth-order valence-corrected chi connectivity index (χ4v) is 1.66. The van der Waals surface area contributed by atoms with Gasteiger partial charge < -0.3 is 21.5 Å². The van der Waals surface area contributed by atoms with Crippen LogP contribution in [0.3, 0.4) is 0 Å². The second-order valence-electron chi connectivity index (χ2n) is 4.25. The lowest BCUT2D eigenvalue weighted by atomic mass is 9.90. The quantitative estimate of drug-likeness (QED) is 0.516. The third kappa shape index (κ3) is 1.89. The van der Waals surface area contributed by atoms with Crippen molar-refractivity contribution in [3.05, 3.63) is 0 Å². The zero-order valence-corrected chi connectivity index (χ0v) is 8.16. The molecule has 2 rings (SSSR count). The number of carbonyl (C=O) groups is 1. The topological polar surface area (TPSA) is 90.4 Å². The average molecular weight is 199 g/mol. The van der Waals surface area contributed by atoms with Crippen molar-refractivity contribution in [2.24, 2.45) is 11.5 Å². The van der Waals surface area contributed by atoms with Crippen LogP contribution >= 0.6 is 0 Å². The zero-order valence-electron chi connectivity index (χ0n) is 8.16. The number of hydrogen-bond acceptors (Lipinski definition) is 4. The van der Waals surface area contributed by atoms with E-state index >= 15 is 0 Å². The maximum absolute atomic E-state index is 11.8. The van der Waals surface area contributed by atoms with E-state index in [4.69, 9.17) is 16.2 Å². The van der Waals surface area contributed by atoms with Gasteiger partial charge in [0.25, 0.3) is 0 Å². The van der Waals surface area contributed by atoms with Crippen LogP contribution in [0.15, 0.2) is 0 Å². The summed E-state index contributed by atoms with van der Waals surface area (Å²) in [4.78, 5) is 11.8. The molecule has 5 nitrogen and oxygen atoms in total. The molecule has 0 bridgehead atoms. The molecule has 1 heterocycles. The third-order valence-corrected chi connectivity index (χ3v) is 2.99. The normalized spacial score (nSPS) is 35.0. The first-order valence-electron chi connectivity index (χ1n) is 5.05. The second kappa shape index (κ2) is 3.49. The molecule has 2 atom stereocenters. The highest BCUT2D eigenvalue weighted by Crippen LogP contribution is 2.22. The van der Waals surface area contributed by atoms with E-state index in [1.165, 1.54) is 0 Å². The molecule has 5 heteroatoms. The Morgan fingerprint density at radius 2 is 2.00 bits per heavy atom. The summed E-state index contributed by atoms with van der Waals surface area (Å²) in [5.41, 5.74) is 10.9. The summed E-state index contributed by atoms with van der Waals surface area (Å²) in [6.07, 6.45) is 2.07. The van der Waals surface area contributed by atoms with Gasteiger partial charge in [-0.3, -0.25) is 4.79 Å². The molecule has 1 saturated carbocycles. The standard InChI is InChI=1S/C9H17N3O2/c10-6-5-7(6)12-8(13)9(11)1-3-14-4-2-9/h6-7H,1-5,10-11H2,(H,12,13). The van der Waals surface area contributed by atoms with Gasteiger partial charge in [0.05, 0.1) is 5.54 Å². The van der Waals surface area contributed by atoms with Gasteiger partial charge >= 0.3 is 0 Å². The van der Waals surface area contributed by atoms with Crippen LogP contribution in [0.25, 0.3) is 0 Å². The Bertz CT molecular complexity index is 238. The molecular weight excluding hydrogens is 182 g/mol. The molecule has 1 amide bonds. The van der Waals surface area contributed by atoms with Gasteiger partial charge in [0.15, 0.2) is 0 Å². The van der Waals surface area contributed by atoms with E-state index in [-0.39, 0.29) is 18.0 Å². The average Bonchev–Trinajstić information content (AvgIpc) is 2.83. The first-order chi connectivity index (χ1) is 6.62. The van der Waals surface area contributed by atoms with Gasteiger partial charge in [0, 0.05) is 25.3 Å². The first kappa shape index (κ1) is 9.89. The molecule has 2 unspecified atom stereocenters. The molecule has 2 aliphatic rings. The minimum absolute atomic E-state index is 0.0706. The molecule has 1 aliphatic carbocycles. The lowest BCUT2D eigenvalue weighted by molar-refractivity contribution is -0.129. The maximum atomic E-state index is 11.8.